The highest BCUT2D eigenvalue weighted by Crippen LogP contribution is 2.21. The highest BCUT2D eigenvalue weighted by molar-refractivity contribution is 6.30. The van der Waals surface area contributed by atoms with Gasteiger partial charge >= 0.3 is 0 Å². The second kappa shape index (κ2) is 11.0. The number of hydrogen-bond donors (Lipinski definition) is 2. The molecule has 7 nitrogen and oxygen atoms in total. The molecule has 1 aliphatic rings. The molecular weight excluding hydrogens is 452 g/mol. The fraction of sp³-hybridized carbons (Fsp3) is 0.231. The van der Waals surface area contributed by atoms with Crippen molar-refractivity contribution in [3.05, 3.63) is 83.4 Å². The maximum absolute atomic E-state index is 12.8. The molecule has 176 valence electrons. The number of para-hydroxylation sites is 1. The second-order valence-electron chi connectivity index (χ2n) is 8.02. The summed E-state index contributed by atoms with van der Waals surface area (Å²) in [7, 11) is 1.66. The maximum atomic E-state index is 12.8. The van der Waals surface area contributed by atoms with Gasteiger partial charge in [-0.25, -0.2) is 0 Å². The zero-order valence-electron chi connectivity index (χ0n) is 19.0. The summed E-state index contributed by atoms with van der Waals surface area (Å²) in [5, 5.41) is 6.33. The minimum atomic E-state index is -0.300. The molecule has 1 aliphatic heterocycles. The first kappa shape index (κ1) is 23.6. The third kappa shape index (κ3) is 6.07. The number of rotatable bonds is 7. The van der Waals surface area contributed by atoms with Gasteiger partial charge in [-0.3, -0.25) is 14.5 Å². The first-order valence-corrected chi connectivity index (χ1v) is 11.5. The fourth-order valence-electron chi connectivity index (χ4n) is 3.87. The number of nitrogens with one attached hydrogen (secondary N) is 2. The Labute approximate surface area is 204 Å². The molecule has 2 amide bonds. The van der Waals surface area contributed by atoms with E-state index in [1.165, 1.54) is 0 Å². The van der Waals surface area contributed by atoms with Gasteiger partial charge in [-0.1, -0.05) is 23.7 Å². The highest BCUT2D eigenvalue weighted by Gasteiger charge is 2.20. The fourth-order valence-corrected chi connectivity index (χ4v) is 4.00. The van der Waals surface area contributed by atoms with Crippen LogP contribution in [-0.4, -0.2) is 56.5 Å². The molecule has 34 heavy (non-hydrogen) atoms. The molecule has 4 rings (SSSR count). The Morgan fingerprint density at radius 3 is 2.24 bits per heavy atom. The zero-order valence-corrected chi connectivity index (χ0v) is 19.7. The van der Waals surface area contributed by atoms with Crippen LogP contribution in [0.2, 0.25) is 5.02 Å². The van der Waals surface area contributed by atoms with Crippen LogP contribution < -0.4 is 20.3 Å². The number of nitrogens with zero attached hydrogens (tertiary/aromatic N) is 2. The van der Waals surface area contributed by atoms with Crippen LogP contribution in [0.4, 0.5) is 17.1 Å². The first-order chi connectivity index (χ1) is 16.5. The standard InChI is InChI=1S/C26H27ClN4O3/c1-34-22-12-10-21(11-13-22)31-16-14-30(15-17-31)18-25(32)29-24-5-3-2-4-23(24)26(33)28-20-8-6-19(27)7-9-20/h2-13H,14-18H2,1H3,(H,28,33)(H,29,32). The number of ether oxygens (including phenoxy) is 1. The molecule has 0 radical (unpaired) electrons. The van der Waals surface area contributed by atoms with Crippen LogP contribution in [0.3, 0.4) is 0 Å². The average molecular weight is 479 g/mol. The lowest BCUT2D eigenvalue weighted by Gasteiger charge is -2.35. The summed E-state index contributed by atoms with van der Waals surface area (Å²) in [6, 6.07) is 21.9. The molecule has 0 saturated carbocycles. The van der Waals surface area contributed by atoms with E-state index >= 15 is 0 Å². The van der Waals surface area contributed by atoms with Gasteiger partial charge in [0, 0.05) is 42.6 Å². The Balaban J connectivity index is 1.31. The van der Waals surface area contributed by atoms with E-state index in [1.54, 1.807) is 55.6 Å². The van der Waals surface area contributed by atoms with E-state index in [2.05, 4.69) is 20.4 Å². The van der Waals surface area contributed by atoms with Gasteiger partial charge in [-0.2, -0.15) is 0 Å². The van der Waals surface area contributed by atoms with Gasteiger partial charge in [-0.05, 0) is 60.7 Å². The summed E-state index contributed by atoms with van der Waals surface area (Å²) in [5.41, 5.74) is 2.65. The van der Waals surface area contributed by atoms with Crippen molar-refractivity contribution in [3.63, 3.8) is 0 Å². The lowest BCUT2D eigenvalue weighted by molar-refractivity contribution is -0.117. The molecule has 1 fully saturated rings. The zero-order chi connectivity index (χ0) is 23.9. The predicted octanol–water partition coefficient (Wildman–Crippen LogP) is 4.36. The molecule has 8 heteroatoms. The number of halogens is 1. The molecule has 3 aromatic carbocycles. The Bertz CT molecular complexity index is 1130. The van der Waals surface area contributed by atoms with Crippen LogP contribution >= 0.6 is 11.6 Å². The van der Waals surface area contributed by atoms with E-state index in [9.17, 15) is 9.59 Å². The number of carbonyl (C=O) groups excluding carboxylic acids is 2. The molecule has 0 atom stereocenters. The first-order valence-electron chi connectivity index (χ1n) is 11.1. The summed E-state index contributed by atoms with van der Waals surface area (Å²) in [4.78, 5) is 29.9. The third-order valence-corrected chi connectivity index (χ3v) is 5.98. The molecule has 1 heterocycles. The van der Waals surface area contributed by atoms with Crippen LogP contribution in [0, 0.1) is 0 Å². The van der Waals surface area contributed by atoms with Crippen molar-refractivity contribution >= 4 is 40.5 Å². The van der Waals surface area contributed by atoms with Gasteiger partial charge < -0.3 is 20.3 Å². The largest absolute Gasteiger partial charge is 0.497 e. The number of benzene rings is 3. The summed E-state index contributed by atoms with van der Waals surface area (Å²) in [6.45, 7) is 3.49. The van der Waals surface area contributed by atoms with Crippen molar-refractivity contribution in [1.82, 2.24) is 4.90 Å². The van der Waals surface area contributed by atoms with Gasteiger partial charge in [-0.15, -0.1) is 0 Å². The third-order valence-electron chi connectivity index (χ3n) is 5.72. The SMILES string of the molecule is COc1ccc(N2CCN(CC(=O)Nc3ccccc3C(=O)Nc3ccc(Cl)cc3)CC2)cc1. The quantitative estimate of drug-likeness (QED) is 0.527. The van der Waals surface area contributed by atoms with Gasteiger partial charge in [0.05, 0.1) is 24.9 Å². The number of methoxy groups -OCH3 is 1. The average Bonchev–Trinajstić information content (AvgIpc) is 2.86. The molecule has 0 bridgehead atoms. The minimum Gasteiger partial charge on any atom is -0.497 e. The molecular formula is C26H27ClN4O3. The number of anilines is 3. The summed E-state index contributed by atoms with van der Waals surface area (Å²) in [5.74, 6) is 0.386. The predicted molar refractivity (Wildman–Crippen MR) is 136 cm³/mol. The smallest absolute Gasteiger partial charge is 0.257 e. The van der Waals surface area contributed by atoms with Crippen molar-refractivity contribution in [2.45, 2.75) is 0 Å². The van der Waals surface area contributed by atoms with E-state index in [-0.39, 0.29) is 18.4 Å². The van der Waals surface area contributed by atoms with Crippen LogP contribution in [0.15, 0.2) is 72.8 Å². The van der Waals surface area contributed by atoms with E-state index in [0.29, 0.717) is 22.0 Å². The van der Waals surface area contributed by atoms with Crippen LogP contribution in [0.1, 0.15) is 10.4 Å². The van der Waals surface area contributed by atoms with Crippen molar-refractivity contribution in [2.75, 3.05) is 55.4 Å². The maximum Gasteiger partial charge on any atom is 0.257 e. The molecule has 1 saturated heterocycles. The van der Waals surface area contributed by atoms with E-state index in [1.807, 2.05) is 24.3 Å². The Morgan fingerprint density at radius 2 is 1.56 bits per heavy atom. The van der Waals surface area contributed by atoms with Crippen molar-refractivity contribution < 1.29 is 14.3 Å². The number of amides is 2. The number of piperazine rings is 1. The van der Waals surface area contributed by atoms with E-state index < -0.39 is 0 Å². The lowest BCUT2D eigenvalue weighted by Crippen LogP contribution is -2.48. The molecule has 0 spiro atoms. The van der Waals surface area contributed by atoms with Gasteiger partial charge in [0.25, 0.3) is 5.91 Å². The number of hydrogen-bond acceptors (Lipinski definition) is 5. The van der Waals surface area contributed by atoms with Crippen LogP contribution in [0.5, 0.6) is 5.75 Å². The van der Waals surface area contributed by atoms with Crippen LogP contribution in [-0.2, 0) is 4.79 Å². The lowest BCUT2D eigenvalue weighted by atomic mass is 10.1. The highest BCUT2D eigenvalue weighted by atomic mass is 35.5. The number of carbonyl (C=O) groups is 2. The Hall–Kier alpha value is -3.55. The summed E-state index contributed by atoms with van der Waals surface area (Å²) in [6.07, 6.45) is 0. The van der Waals surface area contributed by atoms with Gasteiger partial charge in [0.2, 0.25) is 5.91 Å². The molecule has 2 N–H and O–H groups in total. The topological polar surface area (TPSA) is 73.9 Å². The second-order valence-corrected chi connectivity index (χ2v) is 8.45. The van der Waals surface area contributed by atoms with Crippen LogP contribution in [0.25, 0.3) is 0 Å². The Kier molecular flexibility index (Phi) is 7.67. The normalized spacial score (nSPS) is 13.9. The van der Waals surface area contributed by atoms with Crippen molar-refractivity contribution in [1.29, 1.82) is 0 Å². The summed E-state index contributed by atoms with van der Waals surface area (Å²) >= 11 is 5.91. The summed E-state index contributed by atoms with van der Waals surface area (Å²) < 4.78 is 5.22. The Morgan fingerprint density at radius 1 is 0.882 bits per heavy atom. The molecule has 0 aliphatic carbocycles. The monoisotopic (exact) mass is 478 g/mol. The molecule has 3 aromatic rings. The van der Waals surface area contributed by atoms with Gasteiger partial charge in [0.15, 0.2) is 0 Å². The van der Waals surface area contributed by atoms with Crippen molar-refractivity contribution in [2.24, 2.45) is 0 Å². The van der Waals surface area contributed by atoms with E-state index in [0.717, 1.165) is 37.6 Å². The van der Waals surface area contributed by atoms with Crippen molar-refractivity contribution in [3.8, 4) is 5.75 Å². The van der Waals surface area contributed by atoms with E-state index in [4.69, 9.17) is 16.3 Å². The molecule has 0 aromatic heterocycles. The van der Waals surface area contributed by atoms with Gasteiger partial charge in [0.1, 0.15) is 5.75 Å². The minimum absolute atomic E-state index is 0.148. The molecule has 0 unspecified atom stereocenters.